The lowest BCUT2D eigenvalue weighted by Gasteiger charge is -2.29. The van der Waals surface area contributed by atoms with Crippen LogP contribution in [-0.2, 0) is 4.74 Å². The summed E-state index contributed by atoms with van der Waals surface area (Å²) in [5.41, 5.74) is 1.61. The van der Waals surface area contributed by atoms with Crippen molar-refractivity contribution < 1.29 is 19.4 Å². The van der Waals surface area contributed by atoms with Crippen molar-refractivity contribution in [2.45, 2.75) is 4.90 Å². The van der Waals surface area contributed by atoms with Gasteiger partial charge in [-0.2, -0.15) is 0 Å². The highest BCUT2D eigenvalue weighted by atomic mass is 32.2. The Morgan fingerprint density at radius 1 is 1.06 bits per heavy atom. The van der Waals surface area contributed by atoms with Crippen molar-refractivity contribution in [3.63, 3.8) is 0 Å². The molecular formula is C23H23N5O4S. The SMILES string of the molecule is CSc1cnc(-c2ccc(NC(=O)Nc3ccccc3C(=O)O)cc2)nc1N1CCOCC1. The number of rotatable bonds is 6. The van der Waals surface area contributed by atoms with Gasteiger partial charge in [-0.15, -0.1) is 11.8 Å². The van der Waals surface area contributed by atoms with Crippen LogP contribution in [0.3, 0.4) is 0 Å². The number of urea groups is 1. The molecule has 0 bridgehead atoms. The summed E-state index contributed by atoms with van der Waals surface area (Å²) in [6.07, 6.45) is 3.83. The first kappa shape index (κ1) is 22.6. The highest BCUT2D eigenvalue weighted by Crippen LogP contribution is 2.29. The molecule has 1 aliphatic rings. The van der Waals surface area contributed by atoms with E-state index in [0.29, 0.717) is 24.7 Å². The number of ether oxygens (including phenoxy) is 1. The van der Waals surface area contributed by atoms with E-state index in [2.05, 4.69) is 20.5 Å². The summed E-state index contributed by atoms with van der Waals surface area (Å²) in [6, 6.07) is 12.8. The van der Waals surface area contributed by atoms with Gasteiger partial charge in [-0.05, 0) is 42.7 Å². The second-order valence-corrected chi connectivity index (χ2v) is 8.04. The minimum absolute atomic E-state index is 0.0184. The molecule has 33 heavy (non-hydrogen) atoms. The van der Waals surface area contributed by atoms with Crippen molar-refractivity contribution in [1.82, 2.24) is 9.97 Å². The Bertz CT molecular complexity index is 1150. The van der Waals surface area contributed by atoms with Gasteiger partial charge in [-0.1, -0.05) is 12.1 Å². The average molecular weight is 466 g/mol. The van der Waals surface area contributed by atoms with E-state index in [0.717, 1.165) is 29.4 Å². The molecule has 1 aromatic heterocycles. The van der Waals surface area contributed by atoms with Gasteiger partial charge < -0.3 is 25.4 Å². The number of aromatic nitrogens is 2. The molecule has 2 aromatic carbocycles. The zero-order chi connectivity index (χ0) is 23.2. The molecule has 9 nitrogen and oxygen atoms in total. The quantitative estimate of drug-likeness (QED) is 0.467. The van der Waals surface area contributed by atoms with Gasteiger partial charge >= 0.3 is 12.0 Å². The van der Waals surface area contributed by atoms with E-state index in [1.165, 1.54) is 12.1 Å². The van der Waals surface area contributed by atoms with E-state index in [-0.39, 0.29) is 11.3 Å². The lowest BCUT2D eigenvalue weighted by atomic mass is 10.2. The molecule has 0 unspecified atom stereocenters. The minimum Gasteiger partial charge on any atom is -0.478 e. The maximum absolute atomic E-state index is 12.3. The number of carboxylic acids is 1. The second-order valence-electron chi connectivity index (χ2n) is 7.19. The Balaban J connectivity index is 1.47. The molecule has 10 heteroatoms. The van der Waals surface area contributed by atoms with Crippen LogP contribution in [0.15, 0.2) is 59.6 Å². The van der Waals surface area contributed by atoms with Gasteiger partial charge in [-0.3, -0.25) is 0 Å². The number of thioether (sulfide) groups is 1. The molecule has 0 radical (unpaired) electrons. The molecule has 1 fully saturated rings. The Labute approximate surface area is 195 Å². The van der Waals surface area contributed by atoms with Crippen molar-refractivity contribution in [2.24, 2.45) is 0 Å². The second kappa shape index (κ2) is 10.3. The van der Waals surface area contributed by atoms with Crippen molar-refractivity contribution in [1.29, 1.82) is 0 Å². The van der Waals surface area contributed by atoms with Crippen molar-refractivity contribution >= 4 is 41.0 Å². The highest BCUT2D eigenvalue weighted by Gasteiger charge is 2.18. The predicted octanol–water partition coefficient (Wildman–Crippen LogP) is 4.04. The number of nitrogens with zero attached hydrogens (tertiary/aromatic N) is 3. The first-order valence-corrected chi connectivity index (χ1v) is 11.5. The van der Waals surface area contributed by atoms with Gasteiger partial charge in [0, 0.05) is 30.5 Å². The van der Waals surface area contributed by atoms with Gasteiger partial charge in [0.2, 0.25) is 0 Å². The van der Waals surface area contributed by atoms with E-state index in [4.69, 9.17) is 9.72 Å². The van der Waals surface area contributed by atoms with Crippen molar-refractivity contribution in [2.75, 3.05) is 48.1 Å². The number of carbonyl (C=O) groups is 2. The zero-order valence-corrected chi connectivity index (χ0v) is 18.8. The van der Waals surface area contributed by atoms with E-state index < -0.39 is 12.0 Å². The fourth-order valence-corrected chi connectivity index (χ4v) is 3.93. The summed E-state index contributed by atoms with van der Waals surface area (Å²) >= 11 is 1.61. The lowest BCUT2D eigenvalue weighted by molar-refractivity contribution is 0.0698. The molecule has 0 atom stereocenters. The van der Waals surface area contributed by atoms with E-state index in [9.17, 15) is 14.7 Å². The van der Waals surface area contributed by atoms with Crippen LogP contribution in [0.25, 0.3) is 11.4 Å². The number of hydrogen-bond donors (Lipinski definition) is 3. The van der Waals surface area contributed by atoms with E-state index >= 15 is 0 Å². The van der Waals surface area contributed by atoms with E-state index in [1.807, 2.05) is 24.6 Å². The normalized spacial score (nSPS) is 13.4. The smallest absolute Gasteiger partial charge is 0.337 e. The van der Waals surface area contributed by atoms with E-state index in [1.54, 1.807) is 36.0 Å². The largest absolute Gasteiger partial charge is 0.478 e. The molecule has 0 aliphatic carbocycles. The van der Waals surface area contributed by atoms with Crippen LogP contribution < -0.4 is 15.5 Å². The molecular weight excluding hydrogens is 442 g/mol. The fraction of sp³-hybridized carbons (Fsp3) is 0.217. The van der Waals surface area contributed by atoms with Crippen molar-refractivity contribution in [3.05, 3.63) is 60.3 Å². The number of aromatic carboxylic acids is 1. The molecule has 3 aromatic rings. The maximum Gasteiger partial charge on any atom is 0.337 e. The Morgan fingerprint density at radius 3 is 2.48 bits per heavy atom. The summed E-state index contributed by atoms with van der Waals surface area (Å²) in [5.74, 6) is 0.384. The summed E-state index contributed by atoms with van der Waals surface area (Å²) in [5, 5.41) is 14.5. The predicted molar refractivity (Wildman–Crippen MR) is 128 cm³/mol. The van der Waals surface area contributed by atoms with Crippen LogP contribution in [0.4, 0.5) is 22.0 Å². The zero-order valence-electron chi connectivity index (χ0n) is 17.9. The third-order valence-corrected chi connectivity index (χ3v) is 5.80. The van der Waals surface area contributed by atoms with Crippen LogP contribution in [0.1, 0.15) is 10.4 Å². The Hall–Kier alpha value is -3.63. The summed E-state index contributed by atoms with van der Waals surface area (Å²) in [7, 11) is 0. The lowest BCUT2D eigenvalue weighted by Crippen LogP contribution is -2.37. The molecule has 0 saturated carbocycles. The van der Waals surface area contributed by atoms with Crippen LogP contribution in [0.2, 0.25) is 0 Å². The molecule has 0 spiro atoms. The third-order valence-electron chi connectivity index (χ3n) is 5.07. The number of para-hydroxylation sites is 1. The topological polar surface area (TPSA) is 117 Å². The number of amides is 2. The van der Waals surface area contributed by atoms with Gasteiger partial charge in [0.05, 0.1) is 29.4 Å². The molecule has 1 aliphatic heterocycles. The standard InChI is InChI=1S/C23H23N5O4S/c1-33-19-14-24-20(27-21(19)28-10-12-32-13-11-28)15-6-8-16(9-7-15)25-23(31)26-18-5-3-2-4-17(18)22(29)30/h2-9,14H,10-13H2,1H3,(H,29,30)(H2,25,26,31). The summed E-state index contributed by atoms with van der Waals surface area (Å²) in [4.78, 5) is 36.2. The first-order chi connectivity index (χ1) is 16.0. The number of morpholine rings is 1. The third kappa shape index (κ3) is 5.41. The van der Waals surface area contributed by atoms with Gasteiger partial charge in [0.25, 0.3) is 0 Å². The molecule has 1 saturated heterocycles. The van der Waals surface area contributed by atoms with Gasteiger partial charge in [0.15, 0.2) is 5.82 Å². The molecule has 2 heterocycles. The van der Waals surface area contributed by atoms with Gasteiger partial charge in [0.1, 0.15) is 5.82 Å². The number of nitrogens with one attached hydrogen (secondary N) is 2. The van der Waals surface area contributed by atoms with Crippen LogP contribution in [0.5, 0.6) is 0 Å². The number of hydrogen-bond acceptors (Lipinski definition) is 7. The number of carboxylic acid groups (broad SMARTS) is 1. The minimum atomic E-state index is -1.11. The molecule has 4 rings (SSSR count). The van der Waals surface area contributed by atoms with Crippen LogP contribution >= 0.6 is 11.8 Å². The van der Waals surface area contributed by atoms with Crippen LogP contribution in [-0.4, -0.2) is 59.6 Å². The molecule has 170 valence electrons. The maximum atomic E-state index is 12.3. The summed E-state index contributed by atoms with van der Waals surface area (Å²) < 4.78 is 5.45. The average Bonchev–Trinajstić information content (AvgIpc) is 2.85. The fourth-order valence-electron chi connectivity index (χ4n) is 3.41. The number of carbonyl (C=O) groups excluding carboxylic acids is 1. The van der Waals surface area contributed by atoms with Crippen LogP contribution in [0, 0.1) is 0 Å². The highest BCUT2D eigenvalue weighted by molar-refractivity contribution is 7.98. The van der Waals surface area contributed by atoms with Crippen molar-refractivity contribution in [3.8, 4) is 11.4 Å². The number of benzene rings is 2. The number of anilines is 3. The molecule has 2 amide bonds. The van der Waals surface area contributed by atoms with Gasteiger partial charge in [-0.25, -0.2) is 19.6 Å². The Kier molecular flexibility index (Phi) is 7.06. The Morgan fingerprint density at radius 2 is 1.79 bits per heavy atom. The molecule has 3 N–H and O–H groups in total. The first-order valence-electron chi connectivity index (χ1n) is 10.3. The summed E-state index contributed by atoms with van der Waals surface area (Å²) in [6.45, 7) is 2.92. The monoisotopic (exact) mass is 465 g/mol.